The first-order valence-corrected chi connectivity index (χ1v) is 11.7. The van der Waals surface area contributed by atoms with Crippen molar-refractivity contribution in [3.05, 3.63) is 79.0 Å². The zero-order valence-corrected chi connectivity index (χ0v) is 19.3. The Morgan fingerprint density at radius 2 is 1.71 bits per heavy atom. The minimum Gasteiger partial charge on any atom is -0.457 e. The van der Waals surface area contributed by atoms with Gasteiger partial charge in [0, 0.05) is 29.3 Å². The zero-order chi connectivity index (χ0) is 23.3. The third-order valence-corrected chi connectivity index (χ3v) is 6.28. The molecule has 0 bridgehead atoms. The van der Waals surface area contributed by atoms with Crippen LogP contribution in [-0.4, -0.2) is 39.8 Å². The summed E-state index contributed by atoms with van der Waals surface area (Å²) in [5.41, 5.74) is 2.48. The highest BCUT2D eigenvalue weighted by atomic mass is 16.5. The molecule has 7 heteroatoms. The van der Waals surface area contributed by atoms with Crippen molar-refractivity contribution in [2.24, 2.45) is 0 Å². The molecular weight excluding hydrogens is 426 g/mol. The molecule has 4 aromatic rings. The molecule has 0 spiro atoms. The fourth-order valence-corrected chi connectivity index (χ4v) is 4.42. The molecule has 1 aliphatic rings. The third-order valence-electron chi connectivity index (χ3n) is 6.28. The van der Waals surface area contributed by atoms with Gasteiger partial charge in [0.05, 0.1) is 18.3 Å². The summed E-state index contributed by atoms with van der Waals surface area (Å²) in [5.74, 6) is 1.48. The van der Waals surface area contributed by atoms with Gasteiger partial charge in [0.25, 0.3) is 0 Å². The van der Waals surface area contributed by atoms with Gasteiger partial charge < -0.3 is 15.4 Å². The molecule has 1 unspecified atom stereocenters. The first-order valence-electron chi connectivity index (χ1n) is 11.7. The van der Waals surface area contributed by atoms with Crippen LogP contribution in [0.4, 0.5) is 16.2 Å². The maximum absolute atomic E-state index is 12.5. The van der Waals surface area contributed by atoms with Gasteiger partial charge in [-0.2, -0.15) is 5.10 Å². The highest BCUT2D eigenvalue weighted by molar-refractivity contribution is 6.01. The fraction of sp³-hybridized carbons (Fsp3) is 0.259. The number of para-hydroxylation sites is 1. The molecule has 174 valence electrons. The van der Waals surface area contributed by atoms with E-state index in [2.05, 4.69) is 27.6 Å². The van der Waals surface area contributed by atoms with Crippen molar-refractivity contribution in [1.82, 2.24) is 14.7 Å². The zero-order valence-electron chi connectivity index (χ0n) is 19.3. The van der Waals surface area contributed by atoms with Gasteiger partial charge in [-0.1, -0.05) is 18.2 Å². The van der Waals surface area contributed by atoms with Crippen LogP contribution in [0.15, 0.2) is 79.0 Å². The SMILES string of the molecule is CC1CCCN1CCn1ncc2cc(NC(=O)Nc3ccc(Oc4ccccc4)cc3)ccc21. The molecule has 34 heavy (non-hydrogen) atoms. The second kappa shape index (κ2) is 9.97. The summed E-state index contributed by atoms with van der Waals surface area (Å²) >= 11 is 0. The summed E-state index contributed by atoms with van der Waals surface area (Å²) in [5, 5.41) is 11.3. The van der Waals surface area contributed by atoms with Crippen molar-refractivity contribution in [3.63, 3.8) is 0 Å². The molecule has 1 aromatic heterocycles. The number of nitrogens with one attached hydrogen (secondary N) is 2. The van der Waals surface area contributed by atoms with Crippen molar-refractivity contribution in [1.29, 1.82) is 0 Å². The van der Waals surface area contributed by atoms with E-state index in [0.717, 1.165) is 35.4 Å². The molecular formula is C27H29N5O2. The van der Waals surface area contributed by atoms with E-state index in [0.29, 0.717) is 17.5 Å². The summed E-state index contributed by atoms with van der Waals surface area (Å²) < 4.78 is 7.83. The molecule has 2 amide bonds. The predicted octanol–water partition coefficient (Wildman–Crippen LogP) is 5.96. The van der Waals surface area contributed by atoms with Crippen LogP contribution < -0.4 is 15.4 Å². The first-order chi connectivity index (χ1) is 16.6. The summed E-state index contributed by atoms with van der Waals surface area (Å²) in [7, 11) is 0. The molecule has 2 N–H and O–H groups in total. The van der Waals surface area contributed by atoms with E-state index >= 15 is 0 Å². The maximum atomic E-state index is 12.5. The lowest BCUT2D eigenvalue weighted by Crippen LogP contribution is -2.30. The molecule has 1 fully saturated rings. The summed E-state index contributed by atoms with van der Waals surface area (Å²) in [4.78, 5) is 15.0. The largest absolute Gasteiger partial charge is 0.457 e. The number of ether oxygens (including phenoxy) is 1. The van der Waals surface area contributed by atoms with Crippen molar-refractivity contribution < 1.29 is 9.53 Å². The van der Waals surface area contributed by atoms with Gasteiger partial charge in [0.15, 0.2) is 0 Å². The van der Waals surface area contributed by atoms with Gasteiger partial charge in [0.1, 0.15) is 11.5 Å². The normalized spacial score (nSPS) is 16.0. The minimum absolute atomic E-state index is 0.300. The second-order valence-electron chi connectivity index (χ2n) is 8.69. The summed E-state index contributed by atoms with van der Waals surface area (Å²) in [6, 6.07) is 23.1. The quantitative estimate of drug-likeness (QED) is 0.361. The molecule has 2 heterocycles. The Morgan fingerprint density at radius 1 is 0.971 bits per heavy atom. The number of rotatable bonds is 7. The van der Waals surface area contributed by atoms with Crippen LogP contribution in [0.25, 0.3) is 10.9 Å². The minimum atomic E-state index is -0.300. The van der Waals surface area contributed by atoms with E-state index in [1.165, 1.54) is 19.4 Å². The first kappa shape index (κ1) is 22.0. The Balaban J connectivity index is 1.16. The number of hydrogen-bond donors (Lipinski definition) is 2. The third kappa shape index (κ3) is 5.21. The monoisotopic (exact) mass is 455 g/mol. The Labute approximate surface area is 199 Å². The molecule has 1 saturated heterocycles. The maximum Gasteiger partial charge on any atom is 0.323 e. The number of nitrogens with zero attached hydrogens (tertiary/aromatic N) is 3. The number of fused-ring (bicyclic) bond motifs is 1. The van der Waals surface area contributed by atoms with Gasteiger partial charge in [-0.05, 0) is 80.9 Å². The van der Waals surface area contributed by atoms with E-state index < -0.39 is 0 Å². The van der Waals surface area contributed by atoms with E-state index in [-0.39, 0.29) is 6.03 Å². The summed E-state index contributed by atoms with van der Waals surface area (Å²) in [6.45, 7) is 5.34. The standard InChI is InChI=1S/C27H29N5O2/c1-20-6-5-15-31(20)16-17-32-26-14-11-23(18-21(26)19-28-32)30-27(33)29-22-9-12-25(13-10-22)34-24-7-3-2-4-8-24/h2-4,7-14,18-20H,5-6,15-17H2,1H3,(H2,29,30,33). The number of likely N-dealkylation sites (tertiary alicyclic amines) is 1. The van der Waals surface area contributed by atoms with Crippen molar-refractivity contribution >= 4 is 28.3 Å². The van der Waals surface area contributed by atoms with Crippen LogP contribution in [0.5, 0.6) is 11.5 Å². The van der Waals surface area contributed by atoms with E-state index in [4.69, 9.17) is 4.74 Å². The Kier molecular flexibility index (Phi) is 6.44. The smallest absolute Gasteiger partial charge is 0.323 e. The van der Waals surface area contributed by atoms with Crippen molar-refractivity contribution in [2.45, 2.75) is 32.4 Å². The van der Waals surface area contributed by atoms with Gasteiger partial charge in [-0.3, -0.25) is 9.58 Å². The van der Waals surface area contributed by atoms with Crippen LogP contribution in [0.3, 0.4) is 0 Å². The Bertz CT molecular complexity index is 1250. The van der Waals surface area contributed by atoms with Gasteiger partial charge in [-0.25, -0.2) is 4.79 Å². The van der Waals surface area contributed by atoms with E-state index in [1.54, 1.807) is 0 Å². The number of amides is 2. The van der Waals surface area contributed by atoms with Crippen LogP contribution in [0, 0.1) is 0 Å². The number of carbonyl (C=O) groups is 1. The number of hydrogen-bond acceptors (Lipinski definition) is 4. The molecule has 0 radical (unpaired) electrons. The lowest BCUT2D eigenvalue weighted by molar-refractivity contribution is 0.255. The summed E-state index contributed by atoms with van der Waals surface area (Å²) in [6.07, 6.45) is 4.42. The molecule has 1 aliphatic heterocycles. The van der Waals surface area contributed by atoms with Gasteiger partial charge in [-0.15, -0.1) is 0 Å². The van der Waals surface area contributed by atoms with Crippen LogP contribution in [0.1, 0.15) is 19.8 Å². The molecule has 5 rings (SSSR count). The number of aromatic nitrogens is 2. The van der Waals surface area contributed by atoms with Gasteiger partial charge >= 0.3 is 6.03 Å². The predicted molar refractivity (Wildman–Crippen MR) is 136 cm³/mol. The van der Waals surface area contributed by atoms with E-state index in [1.807, 2.05) is 83.7 Å². The topological polar surface area (TPSA) is 71.4 Å². The number of anilines is 2. The molecule has 3 aromatic carbocycles. The number of carbonyl (C=O) groups excluding carboxylic acids is 1. The fourth-order valence-electron chi connectivity index (χ4n) is 4.42. The molecule has 1 atom stereocenters. The average Bonchev–Trinajstić information content (AvgIpc) is 3.44. The van der Waals surface area contributed by atoms with Crippen molar-refractivity contribution in [2.75, 3.05) is 23.7 Å². The van der Waals surface area contributed by atoms with Crippen LogP contribution in [0.2, 0.25) is 0 Å². The Morgan fingerprint density at radius 3 is 2.47 bits per heavy atom. The number of benzene rings is 3. The number of urea groups is 1. The molecule has 0 saturated carbocycles. The highest BCUT2D eigenvalue weighted by Gasteiger charge is 2.19. The van der Waals surface area contributed by atoms with Gasteiger partial charge in [0.2, 0.25) is 0 Å². The van der Waals surface area contributed by atoms with Crippen molar-refractivity contribution in [3.8, 4) is 11.5 Å². The molecule has 7 nitrogen and oxygen atoms in total. The molecule has 0 aliphatic carbocycles. The van der Waals surface area contributed by atoms with Crippen LogP contribution >= 0.6 is 0 Å². The van der Waals surface area contributed by atoms with E-state index in [9.17, 15) is 4.79 Å². The second-order valence-corrected chi connectivity index (χ2v) is 8.69. The Hall–Kier alpha value is -3.84. The van der Waals surface area contributed by atoms with Crippen LogP contribution in [-0.2, 0) is 6.54 Å². The highest BCUT2D eigenvalue weighted by Crippen LogP contribution is 2.24. The average molecular weight is 456 g/mol. The lowest BCUT2D eigenvalue weighted by atomic mass is 10.2. The lowest BCUT2D eigenvalue weighted by Gasteiger charge is -2.20.